The Morgan fingerprint density at radius 2 is 1.94 bits per heavy atom. The lowest BCUT2D eigenvalue weighted by Gasteiger charge is -2.32. The molecule has 1 unspecified atom stereocenters. The van der Waals surface area contributed by atoms with E-state index in [1.165, 1.54) is 25.8 Å². The summed E-state index contributed by atoms with van der Waals surface area (Å²) in [6.45, 7) is 7.41. The second-order valence-electron chi connectivity index (χ2n) is 6.48. The molecule has 0 spiro atoms. The third-order valence-electron chi connectivity index (χ3n) is 3.96. The van der Waals surface area contributed by atoms with Gasteiger partial charge in [0.25, 0.3) is 0 Å². The van der Waals surface area contributed by atoms with Crippen molar-refractivity contribution in [3.05, 3.63) is 0 Å². The van der Waals surface area contributed by atoms with Crippen molar-refractivity contribution in [2.75, 3.05) is 7.05 Å². The lowest BCUT2D eigenvalue weighted by Crippen LogP contribution is -2.55. The molecule has 2 amide bonds. The zero-order valence-corrected chi connectivity index (χ0v) is 11.9. The number of carboxylic acids is 1. The van der Waals surface area contributed by atoms with Crippen LogP contribution in [0.3, 0.4) is 0 Å². The minimum atomic E-state index is -1.20. The summed E-state index contributed by atoms with van der Waals surface area (Å²) in [4.78, 5) is 24.3. The van der Waals surface area contributed by atoms with E-state index in [2.05, 4.69) is 19.2 Å². The van der Waals surface area contributed by atoms with Crippen LogP contribution in [0.2, 0.25) is 0 Å². The summed E-state index contributed by atoms with van der Waals surface area (Å²) in [6, 6.07) is -0.162. The smallest absolute Gasteiger partial charge is 0.329 e. The number of carbonyl (C=O) groups is 2. The number of hydrogen-bond donors (Lipinski definition) is 2. The second-order valence-corrected chi connectivity index (χ2v) is 6.48. The van der Waals surface area contributed by atoms with Crippen molar-refractivity contribution in [2.45, 2.75) is 58.5 Å². The lowest BCUT2D eigenvalue weighted by molar-refractivity contribution is -0.146. The van der Waals surface area contributed by atoms with Gasteiger partial charge in [-0.25, -0.2) is 9.59 Å². The highest BCUT2D eigenvalue weighted by Gasteiger charge is 2.37. The van der Waals surface area contributed by atoms with Gasteiger partial charge in [0.2, 0.25) is 0 Å². The Bertz CT molecular complexity index is 350. The van der Waals surface area contributed by atoms with E-state index in [0.717, 1.165) is 19.3 Å². The lowest BCUT2D eigenvalue weighted by atomic mass is 9.92. The number of likely N-dealkylation sites (N-methyl/N-ethyl adjacent to an activating group) is 1. The Hall–Kier alpha value is -1.26. The molecular formula is C13H24N2O3. The summed E-state index contributed by atoms with van der Waals surface area (Å²) in [5.41, 5.74) is -0.933. The summed E-state index contributed by atoms with van der Waals surface area (Å²) < 4.78 is 0. The average Bonchev–Trinajstić information content (AvgIpc) is 2.56. The Morgan fingerprint density at radius 1 is 1.39 bits per heavy atom. The molecule has 0 aromatic rings. The van der Waals surface area contributed by atoms with Crippen LogP contribution in [0.5, 0.6) is 0 Å². The van der Waals surface area contributed by atoms with E-state index in [1.54, 1.807) is 0 Å². The molecule has 5 nitrogen and oxygen atoms in total. The summed E-state index contributed by atoms with van der Waals surface area (Å²) in [7, 11) is 1.52. The molecule has 0 aromatic heterocycles. The summed E-state index contributed by atoms with van der Waals surface area (Å²) in [5, 5.41) is 12.0. The Morgan fingerprint density at radius 3 is 2.33 bits per heavy atom. The number of aliphatic carboxylic acids is 1. The summed E-state index contributed by atoms with van der Waals surface area (Å²) >= 11 is 0. The van der Waals surface area contributed by atoms with Crippen LogP contribution >= 0.6 is 0 Å². The molecule has 1 saturated carbocycles. The molecule has 18 heavy (non-hydrogen) atoms. The number of rotatable bonds is 3. The highest BCUT2D eigenvalue weighted by atomic mass is 16.4. The fraction of sp³-hybridized carbons (Fsp3) is 0.846. The molecule has 1 atom stereocenters. The van der Waals surface area contributed by atoms with Crippen molar-refractivity contribution in [3.8, 4) is 0 Å². The number of carboxylic acid groups (broad SMARTS) is 1. The summed E-state index contributed by atoms with van der Waals surface area (Å²) in [5.74, 6) is -1.01. The fourth-order valence-electron chi connectivity index (χ4n) is 2.23. The maximum Gasteiger partial charge on any atom is 0.329 e. The highest BCUT2D eigenvalue weighted by molar-refractivity contribution is 5.85. The molecule has 0 bridgehead atoms. The first-order valence-electron chi connectivity index (χ1n) is 6.34. The predicted octanol–water partition coefficient (Wildman–Crippen LogP) is 2.07. The zero-order valence-electron chi connectivity index (χ0n) is 11.9. The maximum atomic E-state index is 12.0. The van der Waals surface area contributed by atoms with Crippen molar-refractivity contribution in [1.29, 1.82) is 0 Å². The molecule has 0 aromatic carbocycles. The molecule has 2 N–H and O–H groups in total. The molecule has 1 aliphatic carbocycles. The van der Waals surface area contributed by atoms with Crippen molar-refractivity contribution < 1.29 is 14.7 Å². The first-order valence-corrected chi connectivity index (χ1v) is 6.34. The molecular weight excluding hydrogens is 232 g/mol. The first kappa shape index (κ1) is 14.8. The van der Waals surface area contributed by atoms with Crippen molar-refractivity contribution >= 4 is 12.0 Å². The second kappa shape index (κ2) is 4.78. The third kappa shape index (κ3) is 3.15. The Kier molecular flexibility index (Phi) is 3.93. The number of carbonyl (C=O) groups excluding carboxylic acids is 1. The van der Waals surface area contributed by atoms with E-state index < -0.39 is 11.5 Å². The predicted molar refractivity (Wildman–Crippen MR) is 69.4 cm³/mol. The molecule has 0 aliphatic heterocycles. The number of amides is 2. The van der Waals surface area contributed by atoms with Gasteiger partial charge in [-0.1, -0.05) is 13.8 Å². The van der Waals surface area contributed by atoms with Crippen molar-refractivity contribution in [1.82, 2.24) is 10.2 Å². The molecule has 1 rings (SSSR count). The minimum absolute atomic E-state index is 0.152. The fourth-order valence-corrected chi connectivity index (χ4v) is 2.23. The SMILES string of the molecule is CN(C(=O)NC1CCC(C)(C)C1)C(C)(C)C(=O)O. The van der Waals surface area contributed by atoms with Crippen LogP contribution in [0.15, 0.2) is 0 Å². The molecule has 0 heterocycles. The van der Waals surface area contributed by atoms with Crippen LogP contribution in [0.1, 0.15) is 47.0 Å². The molecule has 5 heteroatoms. The van der Waals surface area contributed by atoms with Crippen LogP contribution < -0.4 is 5.32 Å². The molecule has 104 valence electrons. The molecule has 0 radical (unpaired) electrons. The Labute approximate surface area is 109 Å². The van der Waals surface area contributed by atoms with E-state index in [-0.39, 0.29) is 17.5 Å². The largest absolute Gasteiger partial charge is 0.480 e. The van der Waals surface area contributed by atoms with Crippen LogP contribution in [-0.4, -0.2) is 40.6 Å². The number of hydrogen-bond acceptors (Lipinski definition) is 2. The average molecular weight is 256 g/mol. The van der Waals surface area contributed by atoms with Crippen LogP contribution in [0, 0.1) is 5.41 Å². The van der Waals surface area contributed by atoms with Gasteiger partial charge in [0.15, 0.2) is 0 Å². The standard InChI is InChI=1S/C13H24N2O3/c1-12(2)7-6-9(8-12)14-11(18)15(5)13(3,4)10(16)17/h9H,6-8H2,1-5H3,(H,14,18)(H,16,17). The monoisotopic (exact) mass is 256 g/mol. The van der Waals surface area contributed by atoms with E-state index in [1.807, 2.05) is 0 Å². The van der Waals surface area contributed by atoms with E-state index in [4.69, 9.17) is 5.11 Å². The number of urea groups is 1. The van der Waals surface area contributed by atoms with Gasteiger partial charge in [0, 0.05) is 13.1 Å². The molecule has 1 fully saturated rings. The van der Waals surface area contributed by atoms with Crippen molar-refractivity contribution in [2.24, 2.45) is 5.41 Å². The number of nitrogens with one attached hydrogen (secondary N) is 1. The van der Waals surface area contributed by atoms with Gasteiger partial charge in [-0.3, -0.25) is 0 Å². The van der Waals surface area contributed by atoms with Gasteiger partial charge >= 0.3 is 12.0 Å². The van der Waals surface area contributed by atoms with Crippen LogP contribution in [-0.2, 0) is 4.79 Å². The maximum absolute atomic E-state index is 12.0. The first-order chi connectivity index (χ1) is 8.06. The van der Waals surface area contributed by atoms with E-state index >= 15 is 0 Å². The quantitative estimate of drug-likeness (QED) is 0.812. The van der Waals surface area contributed by atoms with Gasteiger partial charge in [-0.05, 0) is 38.5 Å². The third-order valence-corrected chi connectivity index (χ3v) is 3.96. The molecule has 1 aliphatic rings. The zero-order chi connectivity index (χ0) is 14.1. The van der Waals surface area contributed by atoms with Crippen LogP contribution in [0.25, 0.3) is 0 Å². The number of nitrogens with zero attached hydrogens (tertiary/aromatic N) is 1. The Balaban J connectivity index is 2.59. The van der Waals surface area contributed by atoms with Gasteiger partial charge in [-0.15, -0.1) is 0 Å². The van der Waals surface area contributed by atoms with Gasteiger partial charge in [0.05, 0.1) is 0 Å². The highest BCUT2D eigenvalue weighted by Crippen LogP contribution is 2.37. The molecule has 0 saturated heterocycles. The van der Waals surface area contributed by atoms with Gasteiger partial charge in [0.1, 0.15) is 5.54 Å². The van der Waals surface area contributed by atoms with Crippen molar-refractivity contribution in [3.63, 3.8) is 0 Å². The normalized spacial score (nSPS) is 22.6. The minimum Gasteiger partial charge on any atom is -0.480 e. The topological polar surface area (TPSA) is 69.6 Å². The summed E-state index contributed by atoms with van der Waals surface area (Å²) in [6.07, 6.45) is 2.99. The van der Waals surface area contributed by atoms with Gasteiger partial charge < -0.3 is 15.3 Å². The van der Waals surface area contributed by atoms with Gasteiger partial charge in [-0.2, -0.15) is 0 Å². The van der Waals surface area contributed by atoms with E-state index in [9.17, 15) is 9.59 Å². The van der Waals surface area contributed by atoms with E-state index in [0.29, 0.717) is 0 Å². The van der Waals surface area contributed by atoms with Crippen LogP contribution in [0.4, 0.5) is 4.79 Å².